The summed E-state index contributed by atoms with van der Waals surface area (Å²) in [6, 6.07) is 16.6. The summed E-state index contributed by atoms with van der Waals surface area (Å²) in [5.74, 6) is 0.349. The number of nitrogens with zero attached hydrogens (tertiary/aromatic N) is 3. The smallest absolute Gasteiger partial charge is 0.338 e. The van der Waals surface area contributed by atoms with E-state index in [4.69, 9.17) is 9.15 Å². The molecule has 4 aromatic rings. The fourth-order valence-electron chi connectivity index (χ4n) is 4.44. The molecule has 0 fully saturated rings. The molecule has 2 aromatic carbocycles. The third-order valence-corrected chi connectivity index (χ3v) is 7.21. The van der Waals surface area contributed by atoms with Crippen LogP contribution in [0.2, 0.25) is 0 Å². The van der Waals surface area contributed by atoms with Gasteiger partial charge in [0.15, 0.2) is 4.80 Å². The zero-order chi connectivity index (χ0) is 27.0. The maximum atomic E-state index is 13.7. The number of carbonyl (C=O) groups excluding carboxylic acids is 1. The highest BCUT2D eigenvalue weighted by molar-refractivity contribution is 7.07. The van der Waals surface area contributed by atoms with Gasteiger partial charge in [0.05, 0.1) is 33.4 Å². The monoisotopic (exact) mass is 529 g/mol. The molecule has 0 amide bonds. The summed E-state index contributed by atoms with van der Waals surface area (Å²) in [5, 5.41) is 11.2. The van der Waals surface area contributed by atoms with Crippen molar-refractivity contribution in [2.24, 2.45) is 4.99 Å². The lowest BCUT2D eigenvalue weighted by atomic mass is 9.96. The van der Waals surface area contributed by atoms with Crippen LogP contribution in [-0.4, -0.2) is 22.1 Å². The average molecular weight is 530 g/mol. The second-order valence-electron chi connectivity index (χ2n) is 8.67. The van der Waals surface area contributed by atoms with E-state index in [0.29, 0.717) is 37.7 Å². The first-order valence-corrected chi connectivity index (χ1v) is 12.7. The van der Waals surface area contributed by atoms with Crippen LogP contribution in [0.5, 0.6) is 0 Å². The topological polar surface area (TPSA) is 117 Å². The van der Waals surface area contributed by atoms with Gasteiger partial charge in [-0.2, -0.15) is 0 Å². The Morgan fingerprint density at radius 1 is 1.18 bits per heavy atom. The molecule has 1 aliphatic heterocycles. The van der Waals surface area contributed by atoms with Crippen LogP contribution in [-0.2, 0) is 9.53 Å². The number of furan rings is 1. The van der Waals surface area contributed by atoms with Gasteiger partial charge in [0.1, 0.15) is 11.5 Å². The fraction of sp³-hybridized carbons (Fsp3) is 0.179. The summed E-state index contributed by atoms with van der Waals surface area (Å²) in [5.41, 5.74) is 2.63. The molecular weight excluding hydrogens is 506 g/mol. The van der Waals surface area contributed by atoms with Crippen molar-refractivity contribution in [1.82, 2.24) is 4.57 Å². The van der Waals surface area contributed by atoms with Crippen molar-refractivity contribution in [3.05, 3.63) is 119 Å². The highest BCUT2D eigenvalue weighted by Crippen LogP contribution is 2.31. The summed E-state index contributed by atoms with van der Waals surface area (Å²) >= 11 is 1.19. The maximum Gasteiger partial charge on any atom is 0.338 e. The highest BCUT2D eigenvalue weighted by Gasteiger charge is 2.33. The van der Waals surface area contributed by atoms with Crippen LogP contribution in [0.3, 0.4) is 0 Å². The Morgan fingerprint density at radius 3 is 2.66 bits per heavy atom. The van der Waals surface area contributed by atoms with E-state index in [2.05, 4.69) is 4.99 Å². The Morgan fingerprint density at radius 2 is 1.95 bits per heavy atom. The van der Waals surface area contributed by atoms with Gasteiger partial charge in [0, 0.05) is 23.8 Å². The minimum Gasteiger partial charge on any atom is -0.463 e. The molecule has 10 heteroatoms. The number of non-ortho nitro benzene ring substituents is 1. The Balaban J connectivity index is 1.62. The summed E-state index contributed by atoms with van der Waals surface area (Å²) in [6.07, 6.45) is 1.62. The Hall–Kier alpha value is -4.57. The molecular formula is C28H23N3O6S. The zero-order valence-corrected chi connectivity index (χ0v) is 21.7. The number of hydrogen-bond acceptors (Lipinski definition) is 8. The number of carbonyl (C=O) groups is 1. The third-order valence-electron chi connectivity index (χ3n) is 6.23. The van der Waals surface area contributed by atoms with Crippen molar-refractivity contribution in [1.29, 1.82) is 0 Å². The average Bonchev–Trinajstić information content (AvgIpc) is 3.48. The Kier molecular flexibility index (Phi) is 6.64. The number of aromatic nitrogens is 1. The number of benzene rings is 2. The lowest BCUT2D eigenvalue weighted by Gasteiger charge is -2.24. The van der Waals surface area contributed by atoms with E-state index in [1.807, 2.05) is 37.3 Å². The van der Waals surface area contributed by atoms with Crippen LogP contribution in [0.4, 0.5) is 5.69 Å². The van der Waals surface area contributed by atoms with Crippen molar-refractivity contribution in [3.8, 4) is 11.3 Å². The number of aryl methyl sites for hydroxylation is 1. The molecule has 1 atom stereocenters. The minimum absolute atomic E-state index is 0.0365. The fourth-order valence-corrected chi connectivity index (χ4v) is 5.46. The van der Waals surface area contributed by atoms with E-state index < -0.39 is 16.9 Å². The lowest BCUT2D eigenvalue weighted by Crippen LogP contribution is -2.39. The van der Waals surface area contributed by atoms with E-state index >= 15 is 0 Å². The number of rotatable bonds is 6. The molecule has 38 heavy (non-hydrogen) atoms. The van der Waals surface area contributed by atoms with Gasteiger partial charge in [-0.1, -0.05) is 47.7 Å². The SMILES string of the molecule is CCOC(=O)C1=C(C)N=c2s/c(=C\c3ccc(-c4cc([N+](=O)[O-])ccc4C)o3)c(=O)n2C1c1ccccc1. The van der Waals surface area contributed by atoms with Gasteiger partial charge in [-0.3, -0.25) is 19.5 Å². The summed E-state index contributed by atoms with van der Waals surface area (Å²) in [4.78, 5) is 42.4. The van der Waals surface area contributed by atoms with Gasteiger partial charge < -0.3 is 9.15 Å². The van der Waals surface area contributed by atoms with Crippen LogP contribution >= 0.6 is 11.3 Å². The zero-order valence-electron chi connectivity index (χ0n) is 20.8. The molecule has 0 saturated carbocycles. The van der Waals surface area contributed by atoms with Crippen LogP contribution < -0.4 is 14.9 Å². The Labute approximate surface area is 220 Å². The molecule has 2 aromatic heterocycles. The van der Waals surface area contributed by atoms with Gasteiger partial charge in [0.25, 0.3) is 11.2 Å². The number of hydrogen-bond donors (Lipinski definition) is 0. The van der Waals surface area contributed by atoms with Gasteiger partial charge in [-0.15, -0.1) is 0 Å². The molecule has 1 aliphatic rings. The van der Waals surface area contributed by atoms with Crippen LogP contribution in [0.1, 0.15) is 36.8 Å². The van der Waals surface area contributed by atoms with Crippen LogP contribution in [0.15, 0.2) is 86.1 Å². The van der Waals surface area contributed by atoms with Gasteiger partial charge in [-0.05, 0) is 44.0 Å². The normalized spacial score (nSPS) is 15.2. The van der Waals surface area contributed by atoms with Crippen molar-refractivity contribution in [2.45, 2.75) is 26.8 Å². The van der Waals surface area contributed by atoms with Crippen LogP contribution in [0, 0.1) is 17.0 Å². The summed E-state index contributed by atoms with van der Waals surface area (Å²) in [7, 11) is 0. The number of esters is 1. The second kappa shape index (κ2) is 10.1. The number of allylic oxidation sites excluding steroid dienone is 1. The first-order chi connectivity index (χ1) is 18.3. The molecule has 0 spiro atoms. The Bertz CT molecular complexity index is 1780. The number of ether oxygens (including phenoxy) is 1. The molecule has 0 aliphatic carbocycles. The van der Waals surface area contributed by atoms with Gasteiger partial charge >= 0.3 is 5.97 Å². The number of nitro groups is 1. The van der Waals surface area contributed by atoms with Crippen molar-refractivity contribution in [2.75, 3.05) is 6.61 Å². The number of thiazole rings is 1. The summed E-state index contributed by atoms with van der Waals surface area (Å²) in [6.45, 7) is 5.51. The van der Waals surface area contributed by atoms with E-state index in [1.165, 1.54) is 28.0 Å². The maximum absolute atomic E-state index is 13.7. The minimum atomic E-state index is -0.687. The van der Waals surface area contributed by atoms with Crippen molar-refractivity contribution >= 4 is 29.1 Å². The summed E-state index contributed by atoms with van der Waals surface area (Å²) < 4.78 is 13.2. The highest BCUT2D eigenvalue weighted by atomic mass is 32.1. The van der Waals surface area contributed by atoms with Crippen molar-refractivity contribution in [3.63, 3.8) is 0 Å². The first-order valence-electron chi connectivity index (χ1n) is 11.9. The number of fused-ring (bicyclic) bond motifs is 1. The third kappa shape index (κ3) is 4.50. The first kappa shape index (κ1) is 25.1. The largest absolute Gasteiger partial charge is 0.463 e. The van der Waals surface area contributed by atoms with Gasteiger partial charge in [-0.25, -0.2) is 9.79 Å². The predicted octanol–water partition coefficient (Wildman–Crippen LogP) is 4.27. The van der Waals surface area contributed by atoms with Crippen LogP contribution in [0.25, 0.3) is 17.4 Å². The second-order valence-corrected chi connectivity index (χ2v) is 9.68. The molecule has 192 valence electrons. The molecule has 1 unspecified atom stereocenters. The quantitative estimate of drug-likeness (QED) is 0.209. The van der Waals surface area contributed by atoms with E-state index in [9.17, 15) is 19.7 Å². The molecule has 0 N–H and O–H groups in total. The standard InChI is InChI=1S/C28H23N3O6S/c1-4-36-27(33)24-17(3)29-28-30(25(24)18-8-6-5-7-9-18)26(32)23(38-28)15-20-12-13-22(37-20)21-14-19(31(34)35)11-10-16(21)2/h5-15,25H,4H2,1-3H3/b23-15-. The molecule has 9 nitrogen and oxygen atoms in total. The van der Waals surface area contributed by atoms with E-state index in [1.54, 1.807) is 38.1 Å². The molecule has 0 saturated heterocycles. The van der Waals surface area contributed by atoms with E-state index in [-0.39, 0.29) is 17.9 Å². The number of nitro benzene ring substituents is 1. The lowest BCUT2D eigenvalue weighted by molar-refractivity contribution is -0.384. The molecule has 5 rings (SSSR count). The van der Waals surface area contributed by atoms with Crippen molar-refractivity contribution < 1.29 is 18.9 Å². The van der Waals surface area contributed by atoms with E-state index in [0.717, 1.165) is 11.1 Å². The predicted molar refractivity (Wildman–Crippen MR) is 142 cm³/mol. The molecule has 3 heterocycles. The molecule has 0 bridgehead atoms. The van der Waals surface area contributed by atoms with Gasteiger partial charge in [0.2, 0.25) is 0 Å². The molecule has 0 radical (unpaired) electrons.